The molecule has 2 aliphatic heterocycles. The van der Waals surface area contributed by atoms with Gasteiger partial charge in [-0.3, -0.25) is 4.79 Å². The average molecular weight is 245 g/mol. The van der Waals surface area contributed by atoms with Crippen molar-refractivity contribution in [3.63, 3.8) is 0 Å². The highest BCUT2D eigenvalue weighted by molar-refractivity contribution is 5.96. The van der Waals surface area contributed by atoms with E-state index in [9.17, 15) is 4.79 Å². The largest absolute Gasteiger partial charge is 0.376 e. The van der Waals surface area contributed by atoms with Gasteiger partial charge in [0.2, 0.25) is 0 Å². The van der Waals surface area contributed by atoms with Crippen LogP contribution in [0.25, 0.3) is 0 Å². The Balaban J connectivity index is 1.70. The monoisotopic (exact) mass is 245 g/mol. The van der Waals surface area contributed by atoms with Gasteiger partial charge in [0.1, 0.15) is 0 Å². The lowest BCUT2D eigenvalue weighted by Gasteiger charge is -2.33. The maximum Gasteiger partial charge on any atom is 0.254 e. The van der Waals surface area contributed by atoms with Crippen molar-refractivity contribution in [1.82, 2.24) is 4.90 Å². The predicted molar refractivity (Wildman–Crippen MR) is 69.6 cm³/mol. The van der Waals surface area contributed by atoms with Crippen molar-refractivity contribution in [2.75, 3.05) is 19.7 Å². The Morgan fingerprint density at radius 1 is 1.28 bits per heavy atom. The van der Waals surface area contributed by atoms with Gasteiger partial charge >= 0.3 is 0 Å². The van der Waals surface area contributed by atoms with Crippen LogP contribution in [0.1, 0.15) is 35.2 Å². The van der Waals surface area contributed by atoms with Crippen LogP contribution in [0.2, 0.25) is 0 Å². The Hall–Kier alpha value is -1.35. The van der Waals surface area contributed by atoms with Crippen molar-refractivity contribution in [3.05, 3.63) is 35.4 Å². The topological polar surface area (TPSA) is 29.5 Å². The van der Waals surface area contributed by atoms with Gasteiger partial charge in [-0.15, -0.1) is 0 Å². The third kappa shape index (κ3) is 2.27. The number of benzene rings is 1. The first-order valence-corrected chi connectivity index (χ1v) is 6.83. The zero-order chi connectivity index (χ0) is 12.4. The molecular weight excluding hydrogens is 226 g/mol. The first-order valence-electron chi connectivity index (χ1n) is 6.83. The Morgan fingerprint density at radius 2 is 2.17 bits per heavy atom. The molecule has 1 saturated heterocycles. The molecule has 1 amide bonds. The van der Waals surface area contributed by atoms with Crippen molar-refractivity contribution in [2.45, 2.75) is 31.8 Å². The van der Waals surface area contributed by atoms with Gasteiger partial charge in [-0.25, -0.2) is 0 Å². The average Bonchev–Trinajstić information content (AvgIpc) is 2.43. The molecule has 0 aromatic heterocycles. The van der Waals surface area contributed by atoms with E-state index >= 15 is 0 Å². The molecule has 1 atom stereocenters. The van der Waals surface area contributed by atoms with Gasteiger partial charge in [0, 0.05) is 25.3 Å². The van der Waals surface area contributed by atoms with Gasteiger partial charge < -0.3 is 9.64 Å². The highest BCUT2D eigenvalue weighted by Crippen LogP contribution is 2.21. The van der Waals surface area contributed by atoms with Crippen molar-refractivity contribution in [1.29, 1.82) is 0 Å². The molecule has 2 heterocycles. The summed E-state index contributed by atoms with van der Waals surface area (Å²) in [7, 11) is 0. The second-order valence-corrected chi connectivity index (χ2v) is 5.15. The number of rotatable bonds is 2. The van der Waals surface area contributed by atoms with E-state index in [2.05, 4.69) is 6.07 Å². The number of fused-ring (bicyclic) bond motifs is 1. The third-order valence-electron chi connectivity index (χ3n) is 3.88. The number of hydrogen-bond donors (Lipinski definition) is 0. The van der Waals surface area contributed by atoms with Crippen LogP contribution in [0.15, 0.2) is 24.3 Å². The van der Waals surface area contributed by atoms with Crippen molar-refractivity contribution >= 4 is 5.91 Å². The molecule has 3 heteroatoms. The Labute approximate surface area is 108 Å². The quantitative estimate of drug-likeness (QED) is 0.800. The standard InChI is InChI=1S/C15H19NO2/c17-15-14-7-2-1-5-12(14)8-9-16(15)11-13-6-3-4-10-18-13/h1-2,5,7,13H,3-4,6,8-11H2. The van der Waals surface area contributed by atoms with Crippen LogP contribution in [0.3, 0.4) is 0 Å². The molecule has 0 saturated carbocycles. The second kappa shape index (κ2) is 5.11. The first-order chi connectivity index (χ1) is 8.84. The predicted octanol–water partition coefficient (Wildman–Crippen LogP) is 2.25. The fraction of sp³-hybridized carbons (Fsp3) is 0.533. The highest BCUT2D eigenvalue weighted by Gasteiger charge is 2.26. The van der Waals surface area contributed by atoms with Gasteiger partial charge in [-0.05, 0) is 37.3 Å². The van der Waals surface area contributed by atoms with E-state index in [1.54, 1.807) is 0 Å². The summed E-state index contributed by atoms with van der Waals surface area (Å²) < 4.78 is 5.72. The van der Waals surface area contributed by atoms with Crippen LogP contribution in [0.5, 0.6) is 0 Å². The van der Waals surface area contributed by atoms with E-state index in [0.29, 0.717) is 0 Å². The van der Waals surface area contributed by atoms with E-state index in [1.165, 1.54) is 12.0 Å². The molecule has 18 heavy (non-hydrogen) atoms. The van der Waals surface area contributed by atoms with E-state index in [0.717, 1.165) is 44.5 Å². The Bertz CT molecular complexity index is 438. The number of hydrogen-bond acceptors (Lipinski definition) is 2. The van der Waals surface area contributed by atoms with Crippen LogP contribution in [0.4, 0.5) is 0 Å². The second-order valence-electron chi connectivity index (χ2n) is 5.15. The SMILES string of the molecule is O=C1c2ccccc2CCN1CC1CCCCO1. The number of amides is 1. The molecule has 96 valence electrons. The van der Waals surface area contributed by atoms with Gasteiger partial charge in [0.15, 0.2) is 0 Å². The van der Waals surface area contributed by atoms with Crippen molar-refractivity contribution < 1.29 is 9.53 Å². The fourth-order valence-electron chi connectivity index (χ4n) is 2.85. The van der Waals surface area contributed by atoms with E-state index < -0.39 is 0 Å². The zero-order valence-corrected chi connectivity index (χ0v) is 10.6. The van der Waals surface area contributed by atoms with E-state index in [4.69, 9.17) is 4.74 Å². The third-order valence-corrected chi connectivity index (χ3v) is 3.88. The lowest BCUT2D eigenvalue weighted by molar-refractivity contribution is -0.00442. The molecule has 2 aliphatic rings. The Kier molecular flexibility index (Phi) is 3.33. The number of nitrogens with zero attached hydrogens (tertiary/aromatic N) is 1. The molecule has 1 unspecified atom stereocenters. The molecule has 0 radical (unpaired) electrons. The van der Waals surface area contributed by atoms with Gasteiger partial charge in [0.25, 0.3) is 5.91 Å². The summed E-state index contributed by atoms with van der Waals surface area (Å²) in [6, 6.07) is 7.94. The summed E-state index contributed by atoms with van der Waals surface area (Å²) in [5, 5.41) is 0. The smallest absolute Gasteiger partial charge is 0.254 e. The molecule has 0 spiro atoms. The summed E-state index contributed by atoms with van der Waals surface area (Å²) >= 11 is 0. The van der Waals surface area contributed by atoms with E-state index in [1.807, 2.05) is 23.1 Å². The minimum absolute atomic E-state index is 0.172. The summed E-state index contributed by atoms with van der Waals surface area (Å²) in [5.74, 6) is 0.172. The van der Waals surface area contributed by atoms with E-state index in [-0.39, 0.29) is 12.0 Å². The number of carbonyl (C=O) groups excluding carboxylic acids is 1. The van der Waals surface area contributed by atoms with Crippen molar-refractivity contribution in [2.24, 2.45) is 0 Å². The molecule has 0 aliphatic carbocycles. The van der Waals surface area contributed by atoms with Gasteiger partial charge in [-0.1, -0.05) is 18.2 Å². The number of carbonyl (C=O) groups is 1. The van der Waals surface area contributed by atoms with Crippen LogP contribution in [-0.2, 0) is 11.2 Å². The zero-order valence-electron chi connectivity index (χ0n) is 10.6. The maximum absolute atomic E-state index is 12.4. The van der Waals surface area contributed by atoms with Gasteiger partial charge in [-0.2, -0.15) is 0 Å². The summed E-state index contributed by atoms with van der Waals surface area (Å²) in [6.45, 7) is 2.44. The summed E-state index contributed by atoms with van der Waals surface area (Å²) in [6.07, 6.45) is 4.68. The van der Waals surface area contributed by atoms with Crippen LogP contribution < -0.4 is 0 Å². The molecule has 1 aromatic carbocycles. The molecule has 1 aromatic rings. The normalized spacial score (nSPS) is 23.9. The molecule has 3 rings (SSSR count). The molecule has 3 nitrogen and oxygen atoms in total. The number of ether oxygens (including phenoxy) is 1. The molecular formula is C15H19NO2. The first kappa shape index (κ1) is 11.7. The fourth-order valence-corrected chi connectivity index (χ4v) is 2.85. The van der Waals surface area contributed by atoms with Crippen LogP contribution >= 0.6 is 0 Å². The lowest BCUT2D eigenvalue weighted by atomic mass is 9.98. The maximum atomic E-state index is 12.4. The molecule has 0 N–H and O–H groups in total. The highest BCUT2D eigenvalue weighted by atomic mass is 16.5. The summed E-state index contributed by atoms with van der Waals surface area (Å²) in [5.41, 5.74) is 2.06. The minimum atomic E-state index is 0.172. The molecule has 1 fully saturated rings. The van der Waals surface area contributed by atoms with Crippen LogP contribution in [0, 0.1) is 0 Å². The lowest BCUT2D eigenvalue weighted by Crippen LogP contribution is -2.43. The Morgan fingerprint density at radius 3 is 3.00 bits per heavy atom. The minimum Gasteiger partial charge on any atom is -0.376 e. The van der Waals surface area contributed by atoms with Gasteiger partial charge in [0.05, 0.1) is 6.10 Å². The molecule has 0 bridgehead atoms. The van der Waals surface area contributed by atoms with Crippen molar-refractivity contribution in [3.8, 4) is 0 Å². The summed E-state index contributed by atoms with van der Waals surface area (Å²) in [4.78, 5) is 14.3. The van der Waals surface area contributed by atoms with Crippen LogP contribution in [-0.4, -0.2) is 36.6 Å².